The molecule has 1 aliphatic heterocycles. The number of carbonyl (C=O) groups is 2. The first-order chi connectivity index (χ1) is 13.3. The molecule has 28 heavy (non-hydrogen) atoms. The van der Waals surface area contributed by atoms with Gasteiger partial charge >= 0.3 is 6.03 Å². The fourth-order valence-electron chi connectivity index (χ4n) is 2.52. The molecule has 3 amide bonds. The first kappa shape index (κ1) is 20.1. The van der Waals surface area contributed by atoms with Gasteiger partial charge in [0.2, 0.25) is 0 Å². The SMILES string of the molecule is O=C(c1c(F)cccc1F)N1COCN(c2ccc(SC(F)F)cc2F)C1=O. The molecule has 11 heteroatoms. The maximum absolute atomic E-state index is 14.3. The van der Waals surface area contributed by atoms with Crippen LogP contribution in [0.4, 0.5) is 32.4 Å². The maximum Gasteiger partial charge on any atom is 0.335 e. The number of imide groups is 1. The van der Waals surface area contributed by atoms with Gasteiger partial charge in [-0.05, 0) is 30.3 Å². The first-order valence-corrected chi connectivity index (χ1v) is 8.57. The van der Waals surface area contributed by atoms with Gasteiger partial charge in [-0.1, -0.05) is 17.8 Å². The van der Waals surface area contributed by atoms with Gasteiger partial charge in [-0.25, -0.2) is 22.9 Å². The molecule has 0 saturated carbocycles. The minimum absolute atomic E-state index is 0.0667. The van der Waals surface area contributed by atoms with Crippen molar-refractivity contribution in [3.8, 4) is 0 Å². The number of amides is 3. The topological polar surface area (TPSA) is 49.9 Å². The van der Waals surface area contributed by atoms with Crippen LogP contribution in [0.5, 0.6) is 0 Å². The molecule has 2 aromatic carbocycles. The summed E-state index contributed by atoms with van der Waals surface area (Å²) >= 11 is 0.119. The Kier molecular flexibility index (Phi) is 5.84. The molecule has 5 nitrogen and oxygen atoms in total. The fourth-order valence-corrected chi connectivity index (χ4v) is 3.04. The van der Waals surface area contributed by atoms with Gasteiger partial charge in [-0.3, -0.25) is 9.69 Å². The third kappa shape index (κ3) is 3.94. The molecule has 0 bridgehead atoms. The van der Waals surface area contributed by atoms with Crippen LogP contribution in [-0.2, 0) is 4.74 Å². The number of anilines is 1. The number of carbonyl (C=O) groups excluding carboxylic acids is 2. The first-order valence-electron chi connectivity index (χ1n) is 7.69. The van der Waals surface area contributed by atoms with Crippen LogP contribution in [0.15, 0.2) is 41.3 Å². The van der Waals surface area contributed by atoms with Crippen molar-refractivity contribution < 1.29 is 36.3 Å². The number of benzene rings is 2. The van der Waals surface area contributed by atoms with E-state index in [2.05, 4.69) is 0 Å². The normalized spacial score (nSPS) is 14.7. The molecule has 0 aromatic heterocycles. The molecule has 0 unspecified atom stereocenters. The standard InChI is InChI=1S/C17H11F5N2O3S/c18-10-2-1-3-11(19)14(10)15(25)24-8-27-7-23(17(24)26)13-5-4-9(6-12(13)20)28-16(21)22/h1-6,16H,7-8H2. The van der Waals surface area contributed by atoms with Gasteiger partial charge in [0.15, 0.2) is 0 Å². The van der Waals surface area contributed by atoms with Crippen LogP contribution in [-0.4, -0.2) is 36.1 Å². The third-order valence-corrected chi connectivity index (χ3v) is 4.46. The van der Waals surface area contributed by atoms with Crippen molar-refractivity contribution in [1.29, 1.82) is 0 Å². The largest absolute Gasteiger partial charge is 0.340 e. The van der Waals surface area contributed by atoms with Crippen LogP contribution in [0.3, 0.4) is 0 Å². The smallest absolute Gasteiger partial charge is 0.335 e. The highest BCUT2D eigenvalue weighted by Gasteiger charge is 2.36. The van der Waals surface area contributed by atoms with E-state index in [4.69, 9.17) is 4.74 Å². The summed E-state index contributed by atoms with van der Waals surface area (Å²) in [5, 5.41) is 0. The number of hydrogen-bond acceptors (Lipinski definition) is 4. The van der Waals surface area contributed by atoms with Gasteiger partial charge in [-0.2, -0.15) is 8.78 Å². The van der Waals surface area contributed by atoms with Crippen molar-refractivity contribution in [1.82, 2.24) is 4.90 Å². The van der Waals surface area contributed by atoms with E-state index in [-0.39, 0.29) is 22.3 Å². The molecule has 2 aromatic rings. The van der Waals surface area contributed by atoms with Gasteiger partial charge in [0.25, 0.3) is 11.7 Å². The Labute approximate surface area is 159 Å². The summed E-state index contributed by atoms with van der Waals surface area (Å²) in [5.41, 5.74) is -1.29. The summed E-state index contributed by atoms with van der Waals surface area (Å²) in [6, 6.07) is 4.71. The minimum Gasteiger partial charge on any atom is -0.340 e. The van der Waals surface area contributed by atoms with Crippen LogP contribution < -0.4 is 4.90 Å². The highest BCUT2D eigenvalue weighted by atomic mass is 32.2. The second-order valence-corrected chi connectivity index (χ2v) is 6.56. The molecule has 148 valence electrons. The Hall–Kier alpha value is -2.66. The molecule has 0 atom stereocenters. The molecule has 0 spiro atoms. The number of rotatable bonds is 4. The zero-order valence-electron chi connectivity index (χ0n) is 13.9. The van der Waals surface area contributed by atoms with Crippen molar-refractivity contribution in [2.24, 2.45) is 0 Å². The highest BCUT2D eigenvalue weighted by molar-refractivity contribution is 7.99. The van der Waals surface area contributed by atoms with Crippen LogP contribution in [0, 0.1) is 17.5 Å². The fraction of sp³-hybridized carbons (Fsp3) is 0.176. The molecular formula is C17H11F5N2O3S. The number of ether oxygens (including phenoxy) is 1. The molecule has 3 rings (SSSR count). The quantitative estimate of drug-likeness (QED) is 0.545. The Morgan fingerprint density at radius 3 is 2.32 bits per heavy atom. The number of halogens is 5. The minimum atomic E-state index is -2.76. The lowest BCUT2D eigenvalue weighted by Crippen LogP contribution is -2.53. The number of urea groups is 1. The van der Waals surface area contributed by atoms with Crippen molar-refractivity contribution in [3.05, 3.63) is 59.4 Å². The summed E-state index contributed by atoms with van der Waals surface area (Å²) in [7, 11) is 0. The van der Waals surface area contributed by atoms with E-state index in [1.54, 1.807) is 0 Å². The predicted molar refractivity (Wildman–Crippen MR) is 89.5 cm³/mol. The zero-order valence-corrected chi connectivity index (χ0v) is 14.7. The Morgan fingerprint density at radius 1 is 1.04 bits per heavy atom. The lowest BCUT2D eigenvalue weighted by Gasteiger charge is -2.34. The molecular weight excluding hydrogens is 407 g/mol. The van der Waals surface area contributed by atoms with Crippen LogP contribution in [0.1, 0.15) is 10.4 Å². The average molecular weight is 418 g/mol. The van der Waals surface area contributed by atoms with E-state index in [0.717, 1.165) is 30.3 Å². The van der Waals surface area contributed by atoms with Crippen LogP contribution >= 0.6 is 11.8 Å². The van der Waals surface area contributed by atoms with Crippen molar-refractivity contribution in [2.75, 3.05) is 18.4 Å². The second-order valence-electron chi connectivity index (χ2n) is 5.49. The molecule has 1 heterocycles. The van der Waals surface area contributed by atoms with E-state index in [1.165, 1.54) is 6.07 Å². The predicted octanol–water partition coefficient (Wildman–Crippen LogP) is 4.43. The Morgan fingerprint density at radius 2 is 1.71 bits per heavy atom. The summed E-state index contributed by atoms with van der Waals surface area (Å²) < 4.78 is 71.8. The van der Waals surface area contributed by atoms with E-state index >= 15 is 0 Å². The Bertz CT molecular complexity index is 907. The number of thioether (sulfide) groups is 1. The summed E-state index contributed by atoms with van der Waals surface area (Å²) in [4.78, 5) is 26.1. The lowest BCUT2D eigenvalue weighted by atomic mass is 10.1. The number of alkyl halides is 2. The van der Waals surface area contributed by atoms with Gasteiger partial charge < -0.3 is 4.74 Å². The Balaban J connectivity index is 1.88. The molecule has 1 saturated heterocycles. The lowest BCUT2D eigenvalue weighted by molar-refractivity contribution is 0.0214. The van der Waals surface area contributed by atoms with Gasteiger partial charge in [0.05, 0.1) is 5.69 Å². The van der Waals surface area contributed by atoms with Crippen molar-refractivity contribution >= 4 is 29.4 Å². The third-order valence-electron chi connectivity index (χ3n) is 3.76. The number of hydrogen-bond donors (Lipinski definition) is 0. The molecule has 0 aliphatic carbocycles. The summed E-state index contributed by atoms with van der Waals surface area (Å²) in [5.74, 6) is -7.40. The van der Waals surface area contributed by atoms with E-state index in [1.807, 2.05) is 0 Å². The van der Waals surface area contributed by atoms with Gasteiger partial charge in [0.1, 0.15) is 36.5 Å². The molecule has 0 radical (unpaired) electrons. The van der Waals surface area contributed by atoms with Gasteiger partial charge in [-0.15, -0.1) is 0 Å². The molecule has 1 aliphatic rings. The zero-order chi connectivity index (χ0) is 20.4. The van der Waals surface area contributed by atoms with Crippen molar-refractivity contribution in [3.63, 3.8) is 0 Å². The molecule has 0 N–H and O–H groups in total. The second kappa shape index (κ2) is 8.15. The summed E-state index contributed by atoms with van der Waals surface area (Å²) in [6.07, 6.45) is 0. The molecule has 1 fully saturated rings. The highest BCUT2D eigenvalue weighted by Crippen LogP contribution is 2.31. The van der Waals surface area contributed by atoms with Gasteiger partial charge in [0, 0.05) is 4.90 Å². The summed E-state index contributed by atoms with van der Waals surface area (Å²) in [6.45, 7) is -1.04. The van der Waals surface area contributed by atoms with Crippen LogP contribution in [0.25, 0.3) is 0 Å². The monoisotopic (exact) mass is 418 g/mol. The van der Waals surface area contributed by atoms with Crippen molar-refractivity contribution in [2.45, 2.75) is 10.7 Å². The average Bonchev–Trinajstić information content (AvgIpc) is 2.62. The van der Waals surface area contributed by atoms with E-state index in [0.29, 0.717) is 9.80 Å². The van der Waals surface area contributed by atoms with E-state index < -0.39 is 54.2 Å². The maximum atomic E-state index is 14.3. The van der Waals surface area contributed by atoms with E-state index in [9.17, 15) is 31.5 Å². The number of nitrogens with zero attached hydrogens (tertiary/aromatic N) is 2. The van der Waals surface area contributed by atoms with Crippen LogP contribution in [0.2, 0.25) is 0 Å².